The summed E-state index contributed by atoms with van der Waals surface area (Å²) in [6, 6.07) is 14.1. The number of aromatic carboxylic acids is 1. The number of rotatable bonds is 6. The summed E-state index contributed by atoms with van der Waals surface area (Å²) < 4.78 is 5.67. The summed E-state index contributed by atoms with van der Waals surface area (Å²) in [7, 11) is 0. The highest BCUT2D eigenvalue weighted by Crippen LogP contribution is 2.16. The Morgan fingerprint density at radius 1 is 1.14 bits per heavy atom. The minimum atomic E-state index is -0.939. The molecule has 0 heterocycles. The zero-order valence-corrected chi connectivity index (χ0v) is 11.4. The third kappa shape index (κ3) is 4.47. The Morgan fingerprint density at radius 3 is 2.57 bits per heavy atom. The maximum Gasteiger partial charge on any atom is 0.335 e. The first-order valence-corrected chi connectivity index (χ1v) is 6.51. The molecule has 21 heavy (non-hydrogen) atoms. The fourth-order valence-corrected chi connectivity index (χ4v) is 1.81. The van der Waals surface area contributed by atoms with Crippen LogP contribution < -0.4 is 4.74 Å². The van der Waals surface area contributed by atoms with E-state index in [4.69, 9.17) is 14.9 Å². The summed E-state index contributed by atoms with van der Waals surface area (Å²) in [6.45, 7) is 0.369. The quantitative estimate of drug-likeness (QED) is 0.855. The molecule has 0 aliphatic heterocycles. The number of aliphatic hydroxyl groups is 1. The first kappa shape index (κ1) is 14.8. The second kappa shape index (κ2) is 7.26. The lowest BCUT2D eigenvalue weighted by atomic mass is 10.1. The van der Waals surface area contributed by atoms with Crippen molar-refractivity contribution in [1.82, 2.24) is 0 Å². The molecule has 0 saturated heterocycles. The number of carbonyl (C=O) groups is 1. The van der Waals surface area contributed by atoms with Gasteiger partial charge in [-0.2, -0.15) is 0 Å². The number of aliphatic hydroxyl groups excluding tert-OH is 1. The van der Waals surface area contributed by atoms with Gasteiger partial charge in [0.25, 0.3) is 0 Å². The largest absolute Gasteiger partial charge is 0.489 e. The van der Waals surface area contributed by atoms with Gasteiger partial charge >= 0.3 is 5.97 Å². The van der Waals surface area contributed by atoms with Gasteiger partial charge in [0.15, 0.2) is 0 Å². The second-order valence-corrected chi connectivity index (χ2v) is 4.45. The predicted octanol–water partition coefficient (Wildman–Crippen LogP) is 2.97. The minimum absolute atomic E-state index is 0.00100. The van der Waals surface area contributed by atoms with Crippen LogP contribution >= 0.6 is 0 Å². The lowest BCUT2D eigenvalue weighted by Gasteiger charge is -2.07. The molecule has 0 spiro atoms. The van der Waals surface area contributed by atoms with E-state index in [0.717, 1.165) is 16.9 Å². The van der Waals surface area contributed by atoms with E-state index in [1.54, 1.807) is 30.3 Å². The first-order valence-electron chi connectivity index (χ1n) is 6.51. The molecule has 0 aliphatic carbocycles. The van der Waals surface area contributed by atoms with E-state index in [1.807, 2.05) is 30.3 Å². The summed E-state index contributed by atoms with van der Waals surface area (Å²) in [4.78, 5) is 10.8. The van der Waals surface area contributed by atoms with E-state index in [-0.39, 0.29) is 12.2 Å². The summed E-state index contributed by atoms with van der Waals surface area (Å²) in [5.41, 5.74) is 2.11. The molecule has 0 unspecified atom stereocenters. The third-order valence-corrected chi connectivity index (χ3v) is 2.88. The molecule has 2 rings (SSSR count). The highest BCUT2D eigenvalue weighted by atomic mass is 16.5. The maximum atomic E-state index is 10.8. The molecule has 2 aromatic carbocycles. The van der Waals surface area contributed by atoms with Gasteiger partial charge in [-0.15, -0.1) is 0 Å². The highest BCUT2D eigenvalue weighted by Gasteiger charge is 2.02. The molecular weight excluding hydrogens is 268 g/mol. The zero-order chi connectivity index (χ0) is 15.1. The van der Waals surface area contributed by atoms with Crippen LogP contribution in [-0.4, -0.2) is 22.8 Å². The molecule has 4 heteroatoms. The van der Waals surface area contributed by atoms with E-state index in [0.29, 0.717) is 6.61 Å². The number of carboxylic acids is 1. The average molecular weight is 284 g/mol. The standard InChI is InChI=1S/C17H16O4/c18-10-2-4-13-3-1-5-16(11-13)21-12-14-6-8-15(9-7-14)17(19)20/h1-9,11,18H,10,12H2,(H,19,20)/b4-2+. The molecule has 0 radical (unpaired) electrons. The van der Waals surface area contributed by atoms with Crippen molar-refractivity contribution < 1.29 is 19.7 Å². The monoisotopic (exact) mass is 284 g/mol. The van der Waals surface area contributed by atoms with Gasteiger partial charge in [-0.25, -0.2) is 4.79 Å². The molecule has 0 atom stereocenters. The molecule has 0 aliphatic rings. The van der Waals surface area contributed by atoms with E-state index in [2.05, 4.69) is 0 Å². The predicted molar refractivity (Wildman–Crippen MR) is 80.3 cm³/mol. The molecule has 108 valence electrons. The van der Waals surface area contributed by atoms with Crippen molar-refractivity contribution in [3.8, 4) is 5.75 Å². The molecule has 0 bridgehead atoms. The van der Waals surface area contributed by atoms with Gasteiger partial charge in [0.1, 0.15) is 12.4 Å². The van der Waals surface area contributed by atoms with Crippen LogP contribution in [0.1, 0.15) is 21.5 Å². The molecular formula is C17H16O4. The lowest BCUT2D eigenvalue weighted by Crippen LogP contribution is -1.99. The van der Waals surface area contributed by atoms with E-state index in [1.165, 1.54) is 0 Å². The van der Waals surface area contributed by atoms with Crippen LogP contribution in [0.2, 0.25) is 0 Å². The lowest BCUT2D eigenvalue weighted by molar-refractivity contribution is 0.0697. The Morgan fingerprint density at radius 2 is 1.90 bits per heavy atom. The van der Waals surface area contributed by atoms with Crippen LogP contribution in [0, 0.1) is 0 Å². The Balaban J connectivity index is 1.99. The molecule has 0 amide bonds. The number of benzene rings is 2. The minimum Gasteiger partial charge on any atom is -0.489 e. The first-order chi connectivity index (χ1) is 10.2. The average Bonchev–Trinajstić information content (AvgIpc) is 2.52. The summed E-state index contributed by atoms with van der Waals surface area (Å²) >= 11 is 0. The highest BCUT2D eigenvalue weighted by molar-refractivity contribution is 5.87. The van der Waals surface area contributed by atoms with Gasteiger partial charge in [0.05, 0.1) is 12.2 Å². The number of ether oxygens (including phenoxy) is 1. The molecule has 4 nitrogen and oxygen atoms in total. The van der Waals surface area contributed by atoms with Crippen LogP contribution in [0.4, 0.5) is 0 Å². The van der Waals surface area contributed by atoms with Crippen molar-refractivity contribution in [2.45, 2.75) is 6.61 Å². The van der Waals surface area contributed by atoms with Gasteiger partial charge < -0.3 is 14.9 Å². The van der Waals surface area contributed by atoms with E-state index < -0.39 is 5.97 Å². The van der Waals surface area contributed by atoms with Crippen LogP contribution in [-0.2, 0) is 6.61 Å². The molecule has 2 N–H and O–H groups in total. The Labute approximate surface area is 122 Å². The smallest absolute Gasteiger partial charge is 0.335 e. The number of hydrogen-bond acceptors (Lipinski definition) is 3. The van der Waals surface area contributed by atoms with Crippen LogP contribution in [0.5, 0.6) is 5.75 Å². The SMILES string of the molecule is O=C(O)c1ccc(COc2cccc(/C=C/CO)c2)cc1. The summed E-state index contributed by atoms with van der Waals surface area (Å²) in [5.74, 6) is -0.219. The maximum absolute atomic E-state index is 10.8. The summed E-state index contributed by atoms with van der Waals surface area (Å²) in [6.07, 6.45) is 3.47. The normalized spacial score (nSPS) is 10.7. The van der Waals surface area contributed by atoms with E-state index >= 15 is 0 Å². The third-order valence-electron chi connectivity index (χ3n) is 2.88. The Bertz CT molecular complexity index is 629. The van der Waals surface area contributed by atoms with Crippen LogP contribution in [0.3, 0.4) is 0 Å². The van der Waals surface area contributed by atoms with Gasteiger partial charge in [-0.05, 0) is 35.4 Å². The van der Waals surface area contributed by atoms with Crippen molar-refractivity contribution in [3.05, 3.63) is 71.3 Å². The van der Waals surface area contributed by atoms with Crippen molar-refractivity contribution in [3.63, 3.8) is 0 Å². The van der Waals surface area contributed by atoms with Crippen molar-refractivity contribution in [1.29, 1.82) is 0 Å². The van der Waals surface area contributed by atoms with Crippen molar-refractivity contribution >= 4 is 12.0 Å². The fraction of sp³-hybridized carbons (Fsp3) is 0.118. The van der Waals surface area contributed by atoms with Crippen LogP contribution in [0.15, 0.2) is 54.6 Å². The Hall–Kier alpha value is -2.59. The number of hydrogen-bond donors (Lipinski definition) is 2. The second-order valence-electron chi connectivity index (χ2n) is 4.45. The van der Waals surface area contributed by atoms with Gasteiger partial charge in [-0.3, -0.25) is 0 Å². The summed E-state index contributed by atoms with van der Waals surface area (Å²) in [5, 5.41) is 17.6. The van der Waals surface area contributed by atoms with Crippen molar-refractivity contribution in [2.24, 2.45) is 0 Å². The molecule has 0 fully saturated rings. The van der Waals surface area contributed by atoms with Crippen LogP contribution in [0.25, 0.3) is 6.08 Å². The Kier molecular flexibility index (Phi) is 5.12. The number of carboxylic acid groups (broad SMARTS) is 1. The fourth-order valence-electron chi connectivity index (χ4n) is 1.81. The zero-order valence-electron chi connectivity index (χ0n) is 11.4. The molecule has 0 saturated carbocycles. The topological polar surface area (TPSA) is 66.8 Å². The molecule has 0 aromatic heterocycles. The van der Waals surface area contributed by atoms with Crippen molar-refractivity contribution in [2.75, 3.05) is 6.61 Å². The van der Waals surface area contributed by atoms with Gasteiger partial charge in [0.2, 0.25) is 0 Å². The van der Waals surface area contributed by atoms with E-state index in [9.17, 15) is 4.79 Å². The van der Waals surface area contributed by atoms with Gasteiger partial charge in [0, 0.05) is 0 Å². The molecule has 2 aromatic rings. The van der Waals surface area contributed by atoms with Gasteiger partial charge in [-0.1, -0.05) is 36.4 Å².